The number of hydrogen-bond donors (Lipinski definition) is 1. The minimum atomic E-state index is -0.195. The third-order valence-electron chi connectivity index (χ3n) is 3.15. The number of carbonyl (C=O) groups is 1. The van der Waals surface area contributed by atoms with Crippen molar-refractivity contribution >= 4 is 23.2 Å². The topological polar surface area (TPSA) is 29.1 Å². The first kappa shape index (κ1) is 13.6. The van der Waals surface area contributed by atoms with E-state index in [1.807, 2.05) is 56.3 Å². The van der Waals surface area contributed by atoms with Gasteiger partial charge >= 0.3 is 0 Å². The lowest BCUT2D eigenvalue weighted by Gasteiger charge is -2.14. The highest BCUT2D eigenvalue weighted by atomic mass is 35.5. The van der Waals surface area contributed by atoms with E-state index in [2.05, 4.69) is 5.32 Å². The van der Waals surface area contributed by atoms with Crippen molar-refractivity contribution < 1.29 is 4.79 Å². The van der Waals surface area contributed by atoms with E-state index >= 15 is 0 Å². The number of aryl methyl sites for hydroxylation is 1. The molecule has 2 aromatic carbocycles. The monoisotopic (exact) mass is 273 g/mol. The van der Waals surface area contributed by atoms with Crippen LogP contribution in [-0.2, 0) is 4.79 Å². The fourth-order valence-electron chi connectivity index (χ4n) is 1.86. The van der Waals surface area contributed by atoms with E-state index in [1.54, 1.807) is 6.07 Å². The Kier molecular flexibility index (Phi) is 4.23. The molecule has 0 aliphatic rings. The zero-order chi connectivity index (χ0) is 13.8. The van der Waals surface area contributed by atoms with Crippen molar-refractivity contribution in [3.05, 3.63) is 64.7 Å². The van der Waals surface area contributed by atoms with Crippen molar-refractivity contribution in [1.82, 2.24) is 0 Å². The number of amides is 1. The fraction of sp³-hybridized carbons (Fsp3) is 0.188. The Hall–Kier alpha value is -1.80. The average molecular weight is 274 g/mol. The molecular formula is C16H16ClNO. The fourth-order valence-corrected chi connectivity index (χ4v) is 2.04. The van der Waals surface area contributed by atoms with E-state index in [0.717, 1.165) is 16.8 Å². The van der Waals surface area contributed by atoms with Gasteiger partial charge in [0.1, 0.15) is 0 Å². The van der Waals surface area contributed by atoms with Gasteiger partial charge in [-0.1, -0.05) is 48.0 Å². The van der Waals surface area contributed by atoms with Crippen LogP contribution in [0, 0.1) is 6.92 Å². The van der Waals surface area contributed by atoms with Crippen LogP contribution in [0.4, 0.5) is 5.69 Å². The number of benzene rings is 2. The minimum absolute atomic E-state index is 0.0310. The Balaban J connectivity index is 2.15. The van der Waals surface area contributed by atoms with Crippen LogP contribution in [0.1, 0.15) is 24.0 Å². The largest absolute Gasteiger partial charge is 0.325 e. The van der Waals surface area contributed by atoms with Gasteiger partial charge in [0.25, 0.3) is 0 Å². The third-order valence-corrected chi connectivity index (χ3v) is 3.39. The predicted molar refractivity (Wildman–Crippen MR) is 79.7 cm³/mol. The Morgan fingerprint density at radius 2 is 1.84 bits per heavy atom. The molecule has 0 aliphatic heterocycles. The van der Waals surface area contributed by atoms with Crippen LogP contribution in [0.5, 0.6) is 0 Å². The van der Waals surface area contributed by atoms with Crippen molar-refractivity contribution in [2.45, 2.75) is 19.8 Å². The van der Waals surface area contributed by atoms with Crippen LogP contribution in [0.2, 0.25) is 5.02 Å². The third kappa shape index (κ3) is 3.36. The first-order chi connectivity index (χ1) is 9.08. The first-order valence-corrected chi connectivity index (χ1v) is 6.57. The summed E-state index contributed by atoms with van der Waals surface area (Å²) in [4.78, 5) is 12.2. The maximum absolute atomic E-state index is 12.2. The normalized spacial score (nSPS) is 11.9. The standard InChI is InChI=1S/C16H16ClNO/c1-11-8-9-14(17)10-15(11)18-16(19)12(2)13-6-4-3-5-7-13/h3-10,12H,1-2H3,(H,18,19)/t12-/m1/s1. The van der Waals surface area contributed by atoms with Crippen LogP contribution in [0.3, 0.4) is 0 Å². The van der Waals surface area contributed by atoms with E-state index in [1.165, 1.54) is 0 Å². The summed E-state index contributed by atoms with van der Waals surface area (Å²) >= 11 is 5.95. The molecule has 0 saturated heterocycles. The second-order valence-electron chi connectivity index (χ2n) is 4.58. The van der Waals surface area contributed by atoms with Crippen LogP contribution in [0.15, 0.2) is 48.5 Å². The molecule has 0 radical (unpaired) electrons. The molecule has 19 heavy (non-hydrogen) atoms. The molecule has 1 N–H and O–H groups in total. The van der Waals surface area contributed by atoms with Gasteiger partial charge in [-0.25, -0.2) is 0 Å². The quantitative estimate of drug-likeness (QED) is 0.883. The van der Waals surface area contributed by atoms with E-state index in [0.29, 0.717) is 5.02 Å². The molecule has 0 aromatic heterocycles. The van der Waals surface area contributed by atoms with Gasteiger partial charge in [0.05, 0.1) is 5.92 Å². The van der Waals surface area contributed by atoms with Crippen LogP contribution in [-0.4, -0.2) is 5.91 Å². The molecule has 0 spiro atoms. The van der Waals surface area contributed by atoms with E-state index < -0.39 is 0 Å². The minimum Gasteiger partial charge on any atom is -0.325 e. The number of rotatable bonds is 3. The van der Waals surface area contributed by atoms with Crippen molar-refractivity contribution in [3.63, 3.8) is 0 Å². The molecule has 2 aromatic rings. The van der Waals surface area contributed by atoms with Gasteiger partial charge in [-0.05, 0) is 37.1 Å². The summed E-state index contributed by atoms with van der Waals surface area (Å²) in [6.07, 6.45) is 0. The molecule has 98 valence electrons. The van der Waals surface area contributed by atoms with Gasteiger partial charge in [-0.3, -0.25) is 4.79 Å². The van der Waals surface area contributed by atoms with Gasteiger partial charge in [-0.15, -0.1) is 0 Å². The highest BCUT2D eigenvalue weighted by Crippen LogP contribution is 2.22. The summed E-state index contributed by atoms with van der Waals surface area (Å²) in [5.41, 5.74) is 2.76. The summed E-state index contributed by atoms with van der Waals surface area (Å²) in [6, 6.07) is 15.2. The zero-order valence-electron chi connectivity index (χ0n) is 11.0. The highest BCUT2D eigenvalue weighted by molar-refractivity contribution is 6.31. The average Bonchev–Trinajstić information content (AvgIpc) is 2.43. The summed E-state index contributed by atoms with van der Waals surface area (Å²) in [5, 5.41) is 3.54. The molecule has 0 heterocycles. The summed E-state index contributed by atoms with van der Waals surface area (Å²) < 4.78 is 0. The maximum Gasteiger partial charge on any atom is 0.231 e. The van der Waals surface area contributed by atoms with Gasteiger partial charge in [0, 0.05) is 10.7 Å². The second kappa shape index (κ2) is 5.89. The molecule has 2 rings (SSSR count). The highest BCUT2D eigenvalue weighted by Gasteiger charge is 2.15. The van der Waals surface area contributed by atoms with Crippen molar-refractivity contribution in [3.8, 4) is 0 Å². The number of hydrogen-bond acceptors (Lipinski definition) is 1. The molecule has 0 fully saturated rings. The van der Waals surface area contributed by atoms with E-state index in [4.69, 9.17) is 11.6 Å². The Morgan fingerprint density at radius 1 is 1.16 bits per heavy atom. The molecule has 0 saturated carbocycles. The summed E-state index contributed by atoms with van der Waals surface area (Å²) in [6.45, 7) is 3.84. The molecular weight excluding hydrogens is 258 g/mol. The molecule has 0 bridgehead atoms. The number of nitrogens with one attached hydrogen (secondary N) is 1. The lowest BCUT2D eigenvalue weighted by Crippen LogP contribution is -2.19. The van der Waals surface area contributed by atoms with Crippen molar-refractivity contribution in [2.75, 3.05) is 5.32 Å². The first-order valence-electron chi connectivity index (χ1n) is 6.20. The molecule has 1 amide bonds. The predicted octanol–water partition coefficient (Wildman–Crippen LogP) is 4.39. The number of anilines is 1. The SMILES string of the molecule is Cc1ccc(Cl)cc1NC(=O)[C@H](C)c1ccccc1. The Labute approximate surface area is 118 Å². The summed E-state index contributed by atoms with van der Waals surface area (Å²) in [5.74, 6) is -0.226. The molecule has 2 nitrogen and oxygen atoms in total. The van der Waals surface area contributed by atoms with E-state index in [9.17, 15) is 4.79 Å². The van der Waals surface area contributed by atoms with Gasteiger partial charge in [0.15, 0.2) is 0 Å². The van der Waals surface area contributed by atoms with Crippen LogP contribution < -0.4 is 5.32 Å². The van der Waals surface area contributed by atoms with Gasteiger partial charge in [-0.2, -0.15) is 0 Å². The van der Waals surface area contributed by atoms with Crippen molar-refractivity contribution in [2.24, 2.45) is 0 Å². The van der Waals surface area contributed by atoms with Crippen LogP contribution in [0.25, 0.3) is 0 Å². The molecule has 0 aliphatic carbocycles. The van der Waals surface area contributed by atoms with Crippen molar-refractivity contribution in [1.29, 1.82) is 0 Å². The molecule has 3 heteroatoms. The molecule has 1 atom stereocenters. The maximum atomic E-state index is 12.2. The molecule has 0 unspecified atom stereocenters. The van der Waals surface area contributed by atoms with Gasteiger partial charge in [0.2, 0.25) is 5.91 Å². The van der Waals surface area contributed by atoms with E-state index in [-0.39, 0.29) is 11.8 Å². The lowest BCUT2D eigenvalue weighted by atomic mass is 10.0. The summed E-state index contributed by atoms with van der Waals surface area (Å²) in [7, 11) is 0. The Morgan fingerprint density at radius 3 is 2.53 bits per heavy atom. The zero-order valence-corrected chi connectivity index (χ0v) is 11.7. The lowest BCUT2D eigenvalue weighted by molar-refractivity contribution is -0.117. The van der Waals surface area contributed by atoms with Gasteiger partial charge < -0.3 is 5.32 Å². The second-order valence-corrected chi connectivity index (χ2v) is 5.02. The Bertz CT molecular complexity index is 581. The number of halogens is 1. The van der Waals surface area contributed by atoms with Crippen LogP contribution >= 0.6 is 11.6 Å². The smallest absolute Gasteiger partial charge is 0.231 e. The number of carbonyl (C=O) groups excluding carboxylic acids is 1.